The molecule has 1 aliphatic rings. The minimum absolute atomic E-state index is 0.0142. The number of benzene rings is 1. The summed E-state index contributed by atoms with van der Waals surface area (Å²) in [7, 11) is 0. The number of ether oxygens (including phenoxy) is 1. The molecule has 1 aliphatic carbocycles. The number of aryl methyl sites for hydroxylation is 1. The van der Waals surface area contributed by atoms with Gasteiger partial charge >= 0.3 is 5.69 Å². The van der Waals surface area contributed by atoms with Crippen LogP contribution in [-0.4, -0.2) is 32.8 Å². The zero-order valence-electron chi connectivity index (χ0n) is 13.7. The highest BCUT2D eigenvalue weighted by molar-refractivity contribution is 5.76. The SMILES string of the molecule is O=C(CCn1cc([N+](=O)[O-])cn1)N[C@@H]1CCC[C@@H]1Oc1ccccc1. The Bertz CT molecular complexity index is 731. The lowest BCUT2D eigenvalue weighted by Gasteiger charge is -2.22. The van der Waals surface area contributed by atoms with Crippen molar-refractivity contribution in [2.24, 2.45) is 0 Å². The first-order valence-electron chi connectivity index (χ1n) is 8.30. The molecule has 132 valence electrons. The molecule has 0 aliphatic heterocycles. The molecule has 1 aromatic heterocycles. The van der Waals surface area contributed by atoms with Crippen LogP contribution in [0.25, 0.3) is 0 Å². The maximum atomic E-state index is 12.2. The van der Waals surface area contributed by atoms with Crippen LogP contribution >= 0.6 is 0 Å². The molecule has 0 bridgehead atoms. The van der Waals surface area contributed by atoms with Gasteiger partial charge in [-0.15, -0.1) is 0 Å². The minimum atomic E-state index is -0.506. The molecule has 0 saturated heterocycles. The number of nitrogens with zero attached hydrogens (tertiary/aromatic N) is 3. The van der Waals surface area contributed by atoms with Gasteiger partial charge in [-0.2, -0.15) is 5.10 Å². The Balaban J connectivity index is 1.48. The third-order valence-corrected chi connectivity index (χ3v) is 4.23. The van der Waals surface area contributed by atoms with Gasteiger partial charge in [-0.1, -0.05) is 18.2 Å². The molecule has 0 spiro atoms. The summed E-state index contributed by atoms with van der Waals surface area (Å²) < 4.78 is 7.38. The van der Waals surface area contributed by atoms with E-state index >= 15 is 0 Å². The van der Waals surface area contributed by atoms with Crippen molar-refractivity contribution in [3.8, 4) is 5.75 Å². The normalized spacial score (nSPS) is 19.5. The molecule has 8 heteroatoms. The third kappa shape index (κ3) is 4.56. The van der Waals surface area contributed by atoms with Crippen LogP contribution in [0.5, 0.6) is 5.75 Å². The number of nitro groups is 1. The highest BCUT2D eigenvalue weighted by Crippen LogP contribution is 2.24. The van der Waals surface area contributed by atoms with Crippen molar-refractivity contribution in [1.82, 2.24) is 15.1 Å². The predicted molar refractivity (Wildman–Crippen MR) is 90.1 cm³/mol. The number of aromatic nitrogens is 2. The van der Waals surface area contributed by atoms with Gasteiger partial charge in [0.1, 0.15) is 24.2 Å². The molecule has 2 atom stereocenters. The van der Waals surface area contributed by atoms with Gasteiger partial charge < -0.3 is 10.1 Å². The number of nitrogens with one attached hydrogen (secondary N) is 1. The number of carbonyl (C=O) groups excluding carboxylic acids is 1. The second-order valence-corrected chi connectivity index (χ2v) is 6.04. The van der Waals surface area contributed by atoms with Crippen LogP contribution < -0.4 is 10.1 Å². The average molecular weight is 344 g/mol. The standard InChI is InChI=1S/C17H20N4O4/c22-17(9-10-20-12-13(11-18-20)21(23)24)19-15-7-4-8-16(15)25-14-5-2-1-3-6-14/h1-3,5-6,11-12,15-16H,4,7-10H2,(H,19,22)/t15-,16+/m1/s1. The van der Waals surface area contributed by atoms with Crippen LogP contribution in [0.3, 0.4) is 0 Å². The van der Waals surface area contributed by atoms with Crippen molar-refractivity contribution in [2.45, 2.75) is 44.4 Å². The summed E-state index contributed by atoms with van der Waals surface area (Å²) in [6.45, 7) is 0.302. The Labute approximate surface area is 144 Å². The molecular formula is C17H20N4O4. The predicted octanol–water partition coefficient (Wildman–Crippen LogP) is 2.30. The number of rotatable bonds is 7. The maximum absolute atomic E-state index is 12.2. The highest BCUT2D eigenvalue weighted by Gasteiger charge is 2.30. The molecule has 8 nitrogen and oxygen atoms in total. The summed E-state index contributed by atoms with van der Waals surface area (Å²) in [4.78, 5) is 22.3. The fourth-order valence-corrected chi connectivity index (χ4v) is 2.97. The Morgan fingerprint density at radius 3 is 2.88 bits per heavy atom. The van der Waals surface area contributed by atoms with Crippen molar-refractivity contribution in [3.63, 3.8) is 0 Å². The van der Waals surface area contributed by atoms with Crippen molar-refractivity contribution in [1.29, 1.82) is 0 Å². The van der Waals surface area contributed by atoms with Crippen molar-refractivity contribution >= 4 is 11.6 Å². The monoisotopic (exact) mass is 344 g/mol. The Hall–Kier alpha value is -2.90. The molecule has 0 unspecified atom stereocenters. The molecule has 1 saturated carbocycles. The van der Waals surface area contributed by atoms with Crippen LogP contribution in [0, 0.1) is 10.1 Å². The summed E-state index contributed by atoms with van der Waals surface area (Å²) in [5.41, 5.74) is -0.0764. The number of para-hydroxylation sites is 1. The zero-order chi connectivity index (χ0) is 17.6. The van der Waals surface area contributed by atoms with Gasteiger partial charge in [-0.25, -0.2) is 0 Å². The number of amides is 1. The van der Waals surface area contributed by atoms with Gasteiger partial charge in [-0.05, 0) is 31.4 Å². The molecule has 3 rings (SSSR count). The Kier molecular flexibility index (Phi) is 5.27. The van der Waals surface area contributed by atoms with E-state index in [9.17, 15) is 14.9 Å². The number of carbonyl (C=O) groups is 1. The van der Waals surface area contributed by atoms with Crippen LogP contribution in [0.1, 0.15) is 25.7 Å². The Morgan fingerprint density at radius 1 is 1.36 bits per heavy atom. The van der Waals surface area contributed by atoms with Crippen LogP contribution in [0.15, 0.2) is 42.7 Å². The molecule has 1 heterocycles. The van der Waals surface area contributed by atoms with E-state index < -0.39 is 4.92 Å². The van der Waals surface area contributed by atoms with Crippen LogP contribution in [0.4, 0.5) is 5.69 Å². The second kappa shape index (κ2) is 7.78. The summed E-state index contributed by atoms with van der Waals surface area (Å²) in [5, 5.41) is 17.5. The van der Waals surface area contributed by atoms with E-state index in [1.165, 1.54) is 17.1 Å². The molecular weight excluding hydrogens is 324 g/mol. The largest absolute Gasteiger partial charge is 0.488 e. The molecule has 2 aromatic rings. The fourth-order valence-electron chi connectivity index (χ4n) is 2.97. The van der Waals surface area contributed by atoms with E-state index in [1.807, 2.05) is 30.3 Å². The summed E-state index contributed by atoms with van der Waals surface area (Å²) >= 11 is 0. The van der Waals surface area contributed by atoms with Crippen LogP contribution in [-0.2, 0) is 11.3 Å². The Morgan fingerprint density at radius 2 is 2.16 bits per heavy atom. The van der Waals surface area contributed by atoms with Crippen LogP contribution in [0.2, 0.25) is 0 Å². The molecule has 1 amide bonds. The third-order valence-electron chi connectivity index (χ3n) is 4.23. The van der Waals surface area contributed by atoms with E-state index in [0.717, 1.165) is 25.0 Å². The number of hydrogen-bond acceptors (Lipinski definition) is 5. The molecule has 1 N–H and O–H groups in total. The van der Waals surface area contributed by atoms with Crippen molar-refractivity contribution < 1.29 is 14.5 Å². The lowest BCUT2D eigenvalue weighted by molar-refractivity contribution is -0.385. The van der Waals surface area contributed by atoms with Gasteiger partial charge in [0.05, 0.1) is 11.0 Å². The smallest absolute Gasteiger partial charge is 0.306 e. The van der Waals surface area contributed by atoms with Crippen molar-refractivity contribution in [2.75, 3.05) is 0 Å². The lowest BCUT2D eigenvalue weighted by atomic mass is 10.2. The zero-order valence-corrected chi connectivity index (χ0v) is 13.7. The maximum Gasteiger partial charge on any atom is 0.306 e. The highest BCUT2D eigenvalue weighted by atomic mass is 16.6. The number of hydrogen-bond donors (Lipinski definition) is 1. The molecule has 1 fully saturated rings. The summed E-state index contributed by atoms with van der Waals surface area (Å²) in [6, 6.07) is 9.56. The average Bonchev–Trinajstić information content (AvgIpc) is 3.24. The van der Waals surface area contributed by atoms with Gasteiger partial charge in [0.15, 0.2) is 0 Å². The van der Waals surface area contributed by atoms with E-state index in [1.54, 1.807) is 0 Å². The fraction of sp³-hybridized carbons (Fsp3) is 0.412. The minimum Gasteiger partial charge on any atom is -0.488 e. The molecule has 1 aromatic carbocycles. The first-order valence-corrected chi connectivity index (χ1v) is 8.30. The van der Waals surface area contributed by atoms with Gasteiger partial charge in [0.25, 0.3) is 0 Å². The van der Waals surface area contributed by atoms with Gasteiger partial charge in [0.2, 0.25) is 5.91 Å². The quantitative estimate of drug-likeness (QED) is 0.614. The van der Waals surface area contributed by atoms with Crippen molar-refractivity contribution in [3.05, 3.63) is 52.8 Å². The lowest BCUT2D eigenvalue weighted by Crippen LogP contribution is -2.42. The second-order valence-electron chi connectivity index (χ2n) is 6.04. The van der Waals surface area contributed by atoms with E-state index in [0.29, 0.717) is 6.54 Å². The first kappa shape index (κ1) is 16.9. The molecule has 25 heavy (non-hydrogen) atoms. The van der Waals surface area contributed by atoms with E-state index in [-0.39, 0.29) is 30.2 Å². The topological polar surface area (TPSA) is 99.3 Å². The van der Waals surface area contributed by atoms with E-state index in [2.05, 4.69) is 10.4 Å². The van der Waals surface area contributed by atoms with E-state index in [4.69, 9.17) is 4.74 Å². The van der Waals surface area contributed by atoms with Gasteiger partial charge in [-0.3, -0.25) is 19.6 Å². The van der Waals surface area contributed by atoms with Gasteiger partial charge in [0, 0.05) is 13.0 Å². The first-order chi connectivity index (χ1) is 12.1. The molecule has 0 radical (unpaired) electrons. The summed E-state index contributed by atoms with van der Waals surface area (Å²) in [5.74, 6) is 0.698. The summed E-state index contributed by atoms with van der Waals surface area (Å²) in [6.07, 6.45) is 5.49.